The van der Waals surface area contributed by atoms with Crippen LogP contribution in [0.1, 0.15) is 0 Å². The van der Waals surface area contributed by atoms with Crippen LogP contribution in [0.5, 0.6) is 0 Å². The van der Waals surface area contributed by atoms with E-state index in [1.165, 1.54) is 0 Å². The zero-order valence-corrected chi connectivity index (χ0v) is 9.64. The van der Waals surface area contributed by atoms with Crippen LogP contribution < -0.4 is 0 Å². The van der Waals surface area contributed by atoms with Gasteiger partial charge < -0.3 is 14.9 Å². The van der Waals surface area contributed by atoms with Gasteiger partial charge in [-0.15, -0.1) is 13.2 Å². The number of aliphatic hydroxyl groups is 2. The summed E-state index contributed by atoms with van der Waals surface area (Å²) in [7, 11) is -4.67. The van der Waals surface area contributed by atoms with Crippen LogP contribution in [0, 0.1) is 0 Å². The van der Waals surface area contributed by atoms with Gasteiger partial charge in [0.15, 0.2) is 0 Å². The molecule has 0 aliphatic rings. The third kappa shape index (κ3) is 111. The minimum atomic E-state index is -4.67. The molecule has 98 valence electrons. The van der Waals surface area contributed by atoms with Gasteiger partial charge in [0, 0.05) is 0 Å². The Labute approximate surface area is 95.3 Å². The lowest BCUT2D eigenvalue weighted by Gasteiger charge is -1.89. The lowest BCUT2D eigenvalue weighted by Crippen LogP contribution is -1.89. The van der Waals surface area contributed by atoms with Gasteiger partial charge in [0.2, 0.25) is 0 Å². The summed E-state index contributed by atoms with van der Waals surface area (Å²) in [6, 6.07) is 0. The van der Waals surface area contributed by atoms with Crippen LogP contribution in [0.15, 0.2) is 25.3 Å². The van der Waals surface area contributed by atoms with E-state index in [0.29, 0.717) is 13.2 Å². The van der Waals surface area contributed by atoms with E-state index in [4.69, 9.17) is 32.5 Å². The zero-order valence-electron chi connectivity index (χ0n) is 8.82. The molecule has 0 aliphatic heterocycles. The average Bonchev–Trinajstić information content (AvgIpc) is 2.17. The van der Waals surface area contributed by atoms with Crippen LogP contribution in [0.3, 0.4) is 0 Å². The smallest absolute Gasteiger partial charge is 0.394 e. The average molecular weight is 258 g/mol. The summed E-state index contributed by atoms with van der Waals surface area (Å²) in [4.78, 5) is 0. The summed E-state index contributed by atoms with van der Waals surface area (Å²) >= 11 is 0. The normalized spacial score (nSPS) is 9.00. The molecule has 0 radical (unpaired) electrons. The molecule has 8 heteroatoms. The van der Waals surface area contributed by atoms with Crippen molar-refractivity contribution in [2.24, 2.45) is 0 Å². The fraction of sp³-hybridized carbons (Fsp3) is 0.500. The van der Waals surface area contributed by atoms with Gasteiger partial charge >= 0.3 is 10.4 Å². The number of hydrogen-bond donors (Lipinski definition) is 4. The van der Waals surface area contributed by atoms with Crippen molar-refractivity contribution < 1.29 is 32.5 Å². The Hall–Kier alpha value is -0.770. The Balaban J connectivity index is -0.000000166. The van der Waals surface area contributed by atoms with Gasteiger partial charge in [0.25, 0.3) is 0 Å². The highest BCUT2D eigenvalue weighted by Crippen LogP contribution is 1.72. The van der Waals surface area contributed by atoms with Crippen molar-refractivity contribution >= 4 is 10.4 Å². The second-order valence-electron chi connectivity index (χ2n) is 2.01. The first-order valence-corrected chi connectivity index (χ1v) is 5.44. The molecular weight excluding hydrogens is 240 g/mol. The maximum absolute atomic E-state index is 8.74. The van der Waals surface area contributed by atoms with Crippen LogP contribution in [-0.2, 0) is 15.1 Å². The van der Waals surface area contributed by atoms with Gasteiger partial charge in [0.1, 0.15) is 0 Å². The van der Waals surface area contributed by atoms with Crippen molar-refractivity contribution in [3.63, 3.8) is 0 Å². The zero-order chi connectivity index (χ0) is 13.4. The summed E-state index contributed by atoms with van der Waals surface area (Å²) < 4.78 is 36.5. The molecule has 0 amide bonds. The molecule has 0 saturated heterocycles. The molecule has 0 aromatic rings. The van der Waals surface area contributed by atoms with Crippen molar-refractivity contribution in [3.05, 3.63) is 25.3 Å². The first-order chi connectivity index (χ1) is 7.33. The first-order valence-electron chi connectivity index (χ1n) is 4.04. The molecule has 16 heavy (non-hydrogen) atoms. The van der Waals surface area contributed by atoms with Crippen LogP contribution in [-0.4, -0.2) is 54.2 Å². The second kappa shape index (κ2) is 16.7. The van der Waals surface area contributed by atoms with Gasteiger partial charge in [-0.3, -0.25) is 9.11 Å². The van der Waals surface area contributed by atoms with Crippen LogP contribution in [0.2, 0.25) is 0 Å². The number of hydrogen-bond acceptors (Lipinski definition) is 5. The maximum atomic E-state index is 8.74. The summed E-state index contributed by atoms with van der Waals surface area (Å²) in [6.45, 7) is 7.93. The largest absolute Gasteiger partial charge is 0.394 e. The van der Waals surface area contributed by atoms with Crippen LogP contribution >= 0.6 is 0 Å². The molecule has 0 atom stereocenters. The fourth-order valence-electron chi connectivity index (χ4n) is 0.235. The predicted molar refractivity (Wildman–Crippen MR) is 59.6 cm³/mol. The van der Waals surface area contributed by atoms with Crippen molar-refractivity contribution in [1.29, 1.82) is 0 Å². The molecule has 0 bridgehead atoms. The van der Waals surface area contributed by atoms with Gasteiger partial charge in [-0.25, -0.2) is 0 Å². The van der Waals surface area contributed by atoms with Crippen molar-refractivity contribution in [2.75, 3.05) is 26.4 Å². The first kappa shape index (κ1) is 20.6. The molecule has 4 N–H and O–H groups in total. The van der Waals surface area contributed by atoms with Crippen molar-refractivity contribution in [2.45, 2.75) is 0 Å². The Morgan fingerprint density at radius 1 is 1.00 bits per heavy atom. The van der Waals surface area contributed by atoms with Gasteiger partial charge in [0.05, 0.1) is 26.4 Å². The van der Waals surface area contributed by atoms with E-state index in [1.807, 2.05) is 0 Å². The fourth-order valence-corrected chi connectivity index (χ4v) is 0.235. The van der Waals surface area contributed by atoms with Crippen molar-refractivity contribution in [1.82, 2.24) is 0 Å². The molecule has 0 aromatic heterocycles. The molecule has 0 rings (SSSR count). The summed E-state index contributed by atoms with van der Waals surface area (Å²) in [5.74, 6) is 0. The number of aliphatic hydroxyl groups excluding tert-OH is 2. The summed E-state index contributed by atoms with van der Waals surface area (Å²) in [6.07, 6.45) is 3.42. The standard InChI is InChI=1S/C6H10O.C2H6O2.H2O4S/c1-3-5-7-6-4-2;3-1-2-4;1-5(2,3)4/h3-4H,1-2,5-6H2;3-4H,1-2H2;(H2,1,2,3,4). The topological polar surface area (TPSA) is 124 Å². The van der Waals surface area contributed by atoms with Crippen LogP contribution in [0.25, 0.3) is 0 Å². The quantitative estimate of drug-likeness (QED) is 0.303. The number of ether oxygens (including phenoxy) is 1. The Morgan fingerprint density at radius 3 is 1.38 bits per heavy atom. The second-order valence-corrected chi connectivity index (χ2v) is 2.91. The molecular formula is C8H18O7S. The lowest BCUT2D eigenvalue weighted by atomic mass is 10.6. The van der Waals surface area contributed by atoms with E-state index in [9.17, 15) is 0 Å². The van der Waals surface area contributed by atoms with Crippen molar-refractivity contribution in [3.8, 4) is 0 Å². The molecule has 0 heterocycles. The Morgan fingerprint density at radius 2 is 1.25 bits per heavy atom. The Bertz CT molecular complexity index is 217. The SMILES string of the molecule is C=CCOCC=C.O=S(=O)(O)O.OCCO. The highest BCUT2D eigenvalue weighted by atomic mass is 32.3. The summed E-state index contributed by atoms with van der Waals surface area (Å²) in [5.41, 5.74) is 0. The van der Waals surface area contributed by atoms with Gasteiger partial charge in [-0.2, -0.15) is 8.42 Å². The van der Waals surface area contributed by atoms with Gasteiger partial charge in [-0.1, -0.05) is 12.2 Å². The molecule has 0 saturated carbocycles. The van der Waals surface area contributed by atoms with E-state index >= 15 is 0 Å². The highest BCUT2D eigenvalue weighted by molar-refractivity contribution is 7.79. The van der Waals surface area contributed by atoms with E-state index < -0.39 is 10.4 Å². The third-order valence-corrected chi connectivity index (χ3v) is 0.571. The van der Waals surface area contributed by atoms with E-state index in [0.717, 1.165) is 0 Å². The molecule has 0 fully saturated rings. The molecule has 0 unspecified atom stereocenters. The third-order valence-electron chi connectivity index (χ3n) is 0.571. The molecule has 0 aliphatic carbocycles. The molecule has 7 nitrogen and oxygen atoms in total. The minimum Gasteiger partial charge on any atom is -0.394 e. The Kier molecular flexibility index (Phi) is 21.5. The van der Waals surface area contributed by atoms with E-state index in [2.05, 4.69) is 13.2 Å². The van der Waals surface area contributed by atoms with E-state index in [1.54, 1.807) is 12.2 Å². The monoisotopic (exact) mass is 258 g/mol. The van der Waals surface area contributed by atoms with E-state index in [-0.39, 0.29) is 13.2 Å². The molecule has 0 aromatic carbocycles. The highest BCUT2D eigenvalue weighted by Gasteiger charge is 1.84. The summed E-state index contributed by atoms with van der Waals surface area (Å²) in [5, 5.41) is 15.2. The number of rotatable bonds is 5. The minimum absolute atomic E-state index is 0.125. The molecule has 0 spiro atoms. The lowest BCUT2D eigenvalue weighted by molar-refractivity contribution is 0.186. The van der Waals surface area contributed by atoms with Gasteiger partial charge in [-0.05, 0) is 0 Å². The predicted octanol–water partition coefficient (Wildman–Crippen LogP) is -0.307. The van der Waals surface area contributed by atoms with Crippen LogP contribution in [0.4, 0.5) is 0 Å². The maximum Gasteiger partial charge on any atom is 0.394 e.